The van der Waals surface area contributed by atoms with Crippen LogP contribution in [0.3, 0.4) is 0 Å². The molecule has 1 aromatic heterocycles. The molecule has 4 nitrogen and oxygen atoms in total. The Bertz CT molecular complexity index is 567. The predicted octanol–water partition coefficient (Wildman–Crippen LogP) is 3.22. The molecule has 0 saturated carbocycles. The van der Waals surface area contributed by atoms with Crippen molar-refractivity contribution in [2.24, 2.45) is 0 Å². The Morgan fingerprint density at radius 3 is 2.53 bits per heavy atom. The van der Waals surface area contributed by atoms with E-state index in [1.54, 1.807) is 12.1 Å². The van der Waals surface area contributed by atoms with Gasteiger partial charge in [-0.1, -0.05) is 25.1 Å². The smallest absolute Gasteiger partial charge is 0.339 e. The summed E-state index contributed by atoms with van der Waals surface area (Å²) in [5.41, 5.74) is 1.14. The maximum atomic E-state index is 11.6. The Hall–Kier alpha value is -2.36. The first-order valence-electron chi connectivity index (χ1n) is 6.05. The Morgan fingerprint density at radius 1 is 1.16 bits per heavy atom. The van der Waals surface area contributed by atoms with Crippen LogP contribution in [0, 0.1) is 0 Å². The summed E-state index contributed by atoms with van der Waals surface area (Å²) >= 11 is 0. The fourth-order valence-corrected chi connectivity index (χ4v) is 1.71. The van der Waals surface area contributed by atoms with Crippen molar-refractivity contribution in [2.75, 3.05) is 7.11 Å². The van der Waals surface area contributed by atoms with Crippen LogP contribution in [0.15, 0.2) is 42.5 Å². The van der Waals surface area contributed by atoms with Crippen LogP contribution in [0.25, 0.3) is 0 Å². The van der Waals surface area contributed by atoms with E-state index < -0.39 is 0 Å². The fourth-order valence-electron chi connectivity index (χ4n) is 1.71. The van der Waals surface area contributed by atoms with E-state index in [-0.39, 0.29) is 5.97 Å². The van der Waals surface area contributed by atoms with Gasteiger partial charge in [-0.25, -0.2) is 9.78 Å². The molecule has 0 fully saturated rings. The molecule has 19 heavy (non-hydrogen) atoms. The van der Waals surface area contributed by atoms with Crippen molar-refractivity contribution in [2.45, 2.75) is 13.3 Å². The molecule has 0 radical (unpaired) electrons. The molecule has 0 atom stereocenters. The van der Waals surface area contributed by atoms with E-state index in [9.17, 15) is 4.79 Å². The number of hydrogen-bond acceptors (Lipinski definition) is 4. The Balaban J connectivity index is 2.27. The van der Waals surface area contributed by atoms with Gasteiger partial charge in [0.25, 0.3) is 0 Å². The van der Waals surface area contributed by atoms with Crippen molar-refractivity contribution in [1.29, 1.82) is 0 Å². The fraction of sp³-hybridized carbons (Fsp3) is 0.200. The first-order chi connectivity index (χ1) is 9.24. The maximum absolute atomic E-state index is 11.6. The van der Waals surface area contributed by atoms with Crippen LogP contribution in [0.1, 0.15) is 23.0 Å². The number of aryl methyl sites for hydroxylation is 1. The summed E-state index contributed by atoms with van der Waals surface area (Å²) in [5, 5.41) is 0. The summed E-state index contributed by atoms with van der Waals surface area (Å²) < 4.78 is 10.3. The van der Waals surface area contributed by atoms with Crippen molar-refractivity contribution in [3.8, 4) is 11.6 Å². The van der Waals surface area contributed by atoms with Crippen LogP contribution in [-0.2, 0) is 11.2 Å². The Labute approximate surface area is 112 Å². The maximum Gasteiger partial charge on any atom is 0.339 e. The van der Waals surface area contributed by atoms with Crippen molar-refractivity contribution in [1.82, 2.24) is 4.98 Å². The van der Waals surface area contributed by atoms with Gasteiger partial charge in [0.05, 0.1) is 18.4 Å². The number of aromatic nitrogens is 1. The van der Waals surface area contributed by atoms with Gasteiger partial charge >= 0.3 is 5.97 Å². The van der Waals surface area contributed by atoms with Gasteiger partial charge in [0.1, 0.15) is 5.75 Å². The van der Waals surface area contributed by atoms with E-state index >= 15 is 0 Å². The lowest BCUT2D eigenvalue weighted by molar-refractivity contribution is 0.0599. The second-order valence-corrected chi connectivity index (χ2v) is 3.90. The molecule has 2 rings (SSSR count). The number of esters is 1. The third-order valence-corrected chi connectivity index (χ3v) is 2.65. The highest BCUT2D eigenvalue weighted by Gasteiger charge is 2.13. The van der Waals surface area contributed by atoms with Gasteiger partial charge < -0.3 is 9.47 Å². The highest BCUT2D eigenvalue weighted by molar-refractivity contribution is 5.90. The lowest BCUT2D eigenvalue weighted by atomic mass is 10.1. The van der Waals surface area contributed by atoms with Gasteiger partial charge in [-0.3, -0.25) is 0 Å². The lowest BCUT2D eigenvalue weighted by Crippen LogP contribution is -2.07. The largest absolute Gasteiger partial charge is 0.465 e. The van der Waals surface area contributed by atoms with Crippen molar-refractivity contribution in [3.05, 3.63) is 53.7 Å². The van der Waals surface area contributed by atoms with Gasteiger partial charge in [0, 0.05) is 6.07 Å². The molecular formula is C15H15NO3. The van der Waals surface area contributed by atoms with Crippen molar-refractivity contribution < 1.29 is 14.3 Å². The highest BCUT2D eigenvalue weighted by atomic mass is 16.5. The van der Waals surface area contributed by atoms with Crippen LogP contribution in [0.2, 0.25) is 0 Å². The summed E-state index contributed by atoms with van der Waals surface area (Å²) in [4.78, 5) is 15.9. The van der Waals surface area contributed by atoms with Crippen LogP contribution in [0.5, 0.6) is 11.6 Å². The summed E-state index contributed by atoms with van der Waals surface area (Å²) in [5.74, 6) is 0.800. The molecule has 98 valence electrons. The molecule has 0 aliphatic rings. The number of methoxy groups -OCH3 is 1. The number of nitrogens with zero attached hydrogens (tertiary/aromatic N) is 1. The van der Waals surface area contributed by atoms with Gasteiger partial charge in [0.15, 0.2) is 0 Å². The second-order valence-electron chi connectivity index (χ2n) is 3.90. The number of carbonyl (C=O) groups is 1. The molecular weight excluding hydrogens is 242 g/mol. The summed E-state index contributed by atoms with van der Waals surface area (Å²) in [6.07, 6.45) is 0.635. The van der Waals surface area contributed by atoms with Crippen LogP contribution >= 0.6 is 0 Å². The normalized spacial score (nSPS) is 10.0. The topological polar surface area (TPSA) is 48.4 Å². The SMILES string of the molecule is CCc1nc(Oc2ccccc2)ccc1C(=O)OC. The number of hydrogen-bond donors (Lipinski definition) is 0. The zero-order valence-corrected chi connectivity index (χ0v) is 10.9. The number of benzene rings is 1. The zero-order chi connectivity index (χ0) is 13.7. The van der Waals surface area contributed by atoms with Gasteiger partial charge in [-0.15, -0.1) is 0 Å². The molecule has 1 aromatic carbocycles. The minimum Gasteiger partial charge on any atom is -0.465 e. The monoisotopic (exact) mass is 257 g/mol. The molecule has 0 bridgehead atoms. The average Bonchev–Trinajstić information content (AvgIpc) is 2.47. The van der Waals surface area contributed by atoms with E-state index in [4.69, 9.17) is 9.47 Å². The van der Waals surface area contributed by atoms with Crippen molar-refractivity contribution >= 4 is 5.97 Å². The molecule has 2 aromatic rings. The number of rotatable bonds is 4. The number of para-hydroxylation sites is 1. The molecule has 0 N–H and O–H groups in total. The predicted molar refractivity (Wildman–Crippen MR) is 71.5 cm³/mol. The first-order valence-corrected chi connectivity index (χ1v) is 6.05. The van der Waals surface area contributed by atoms with E-state index in [0.29, 0.717) is 29.3 Å². The van der Waals surface area contributed by atoms with E-state index in [2.05, 4.69) is 4.98 Å². The Morgan fingerprint density at radius 2 is 1.89 bits per heavy atom. The molecule has 0 amide bonds. The van der Waals surface area contributed by atoms with Crippen molar-refractivity contribution in [3.63, 3.8) is 0 Å². The van der Waals surface area contributed by atoms with E-state index in [1.165, 1.54) is 7.11 Å². The van der Waals surface area contributed by atoms with Gasteiger partial charge in [-0.05, 0) is 24.6 Å². The number of pyridine rings is 1. The molecule has 0 unspecified atom stereocenters. The second kappa shape index (κ2) is 6.00. The number of carbonyl (C=O) groups excluding carboxylic acids is 1. The standard InChI is InChI=1S/C15H15NO3/c1-3-13-12(15(17)18-2)9-10-14(16-13)19-11-7-5-4-6-8-11/h4-10H,3H2,1-2H3. The lowest BCUT2D eigenvalue weighted by Gasteiger charge is -2.09. The summed E-state index contributed by atoms with van der Waals surface area (Å²) in [6, 6.07) is 12.7. The summed E-state index contributed by atoms with van der Waals surface area (Å²) in [6.45, 7) is 1.93. The van der Waals surface area contributed by atoms with Gasteiger partial charge in [-0.2, -0.15) is 0 Å². The zero-order valence-electron chi connectivity index (χ0n) is 10.9. The third-order valence-electron chi connectivity index (χ3n) is 2.65. The molecule has 0 aliphatic heterocycles. The molecule has 0 saturated heterocycles. The minimum atomic E-state index is -0.379. The molecule has 1 heterocycles. The quantitative estimate of drug-likeness (QED) is 0.789. The number of ether oxygens (including phenoxy) is 2. The highest BCUT2D eigenvalue weighted by Crippen LogP contribution is 2.21. The van der Waals surface area contributed by atoms with Crippen LogP contribution in [-0.4, -0.2) is 18.1 Å². The van der Waals surface area contributed by atoms with Gasteiger partial charge in [0.2, 0.25) is 5.88 Å². The molecule has 0 spiro atoms. The van der Waals surface area contributed by atoms with Crippen LogP contribution < -0.4 is 4.74 Å². The van der Waals surface area contributed by atoms with E-state index in [1.807, 2.05) is 37.3 Å². The molecule has 4 heteroatoms. The first kappa shape index (κ1) is 13.1. The third kappa shape index (κ3) is 3.10. The summed E-state index contributed by atoms with van der Waals surface area (Å²) in [7, 11) is 1.36. The van der Waals surface area contributed by atoms with E-state index in [0.717, 1.165) is 0 Å². The molecule has 0 aliphatic carbocycles. The minimum absolute atomic E-state index is 0.379. The average molecular weight is 257 g/mol. The Kier molecular flexibility index (Phi) is 4.13. The van der Waals surface area contributed by atoms with Crippen LogP contribution in [0.4, 0.5) is 0 Å².